The van der Waals surface area contributed by atoms with Crippen molar-refractivity contribution in [3.05, 3.63) is 76.9 Å². The second-order valence-electron chi connectivity index (χ2n) is 6.76. The molecule has 2 aromatic carbocycles. The standard InChI is InChI=1S/C21H19NO3/c1-12(23)15-9-10-19-18(11-15)16-3-2-4-17(16)20(22-19)13-5-7-14(8-6-13)21(24)25/h2-3,5-11,16-17,20,22H,4H2,1H3,(H,24,25)/t16-,17-,20+/m1/s1. The second-order valence-corrected chi connectivity index (χ2v) is 6.76. The van der Waals surface area contributed by atoms with E-state index in [9.17, 15) is 9.59 Å². The van der Waals surface area contributed by atoms with E-state index in [0.717, 1.165) is 23.2 Å². The Morgan fingerprint density at radius 2 is 1.80 bits per heavy atom. The molecule has 0 radical (unpaired) electrons. The lowest BCUT2D eigenvalue weighted by atomic mass is 9.76. The number of ketones is 1. The molecule has 0 bridgehead atoms. The third-order valence-electron chi connectivity index (χ3n) is 5.29. The first-order valence-corrected chi connectivity index (χ1v) is 8.46. The molecule has 1 aliphatic heterocycles. The lowest BCUT2D eigenvalue weighted by molar-refractivity contribution is 0.0696. The molecule has 0 spiro atoms. The summed E-state index contributed by atoms with van der Waals surface area (Å²) in [7, 11) is 0. The molecule has 2 aliphatic rings. The number of nitrogens with one attached hydrogen (secondary N) is 1. The van der Waals surface area contributed by atoms with E-state index in [4.69, 9.17) is 5.11 Å². The number of carboxylic acid groups (broad SMARTS) is 1. The Balaban J connectivity index is 1.72. The van der Waals surface area contributed by atoms with Gasteiger partial charge in [-0.05, 0) is 60.7 Å². The average molecular weight is 333 g/mol. The SMILES string of the molecule is CC(=O)c1ccc2c(c1)[C@@H]1C=CC[C@H]1[C@H](c1ccc(C(=O)O)cc1)N2. The molecule has 126 valence electrons. The summed E-state index contributed by atoms with van der Waals surface area (Å²) in [6.45, 7) is 1.59. The normalized spacial score (nSPS) is 23.5. The fourth-order valence-electron chi connectivity index (χ4n) is 3.98. The molecule has 25 heavy (non-hydrogen) atoms. The fourth-order valence-corrected chi connectivity index (χ4v) is 3.98. The zero-order valence-electron chi connectivity index (χ0n) is 13.9. The number of anilines is 1. The minimum Gasteiger partial charge on any atom is -0.478 e. The zero-order valence-corrected chi connectivity index (χ0v) is 13.9. The number of carbonyl (C=O) groups excluding carboxylic acids is 1. The van der Waals surface area contributed by atoms with Gasteiger partial charge in [0.05, 0.1) is 11.6 Å². The van der Waals surface area contributed by atoms with E-state index < -0.39 is 5.97 Å². The molecule has 4 rings (SSSR count). The van der Waals surface area contributed by atoms with Gasteiger partial charge in [-0.2, -0.15) is 0 Å². The summed E-state index contributed by atoms with van der Waals surface area (Å²) in [5.74, 6) is -0.191. The smallest absolute Gasteiger partial charge is 0.335 e. The maximum Gasteiger partial charge on any atom is 0.335 e. The molecule has 2 aromatic rings. The number of hydrogen-bond acceptors (Lipinski definition) is 3. The maximum atomic E-state index is 11.7. The number of carbonyl (C=O) groups is 2. The molecule has 0 amide bonds. The van der Waals surface area contributed by atoms with E-state index in [-0.39, 0.29) is 17.7 Å². The van der Waals surface area contributed by atoms with Crippen molar-refractivity contribution in [2.24, 2.45) is 5.92 Å². The Kier molecular flexibility index (Phi) is 3.68. The minimum absolute atomic E-state index is 0.0766. The number of Topliss-reactive ketones (excluding diaryl/α,β-unsaturated/α-hetero) is 1. The van der Waals surface area contributed by atoms with E-state index >= 15 is 0 Å². The third-order valence-corrected chi connectivity index (χ3v) is 5.29. The Morgan fingerprint density at radius 1 is 1.08 bits per heavy atom. The Bertz CT molecular complexity index is 883. The van der Waals surface area contributed by atoms with Crippen molar-refractivity contribution in [3.8, 4) is 0 Å². The number of fused-ring (bicyclic) bond motifs is 3. The first-order chi connectivity index (χ1) is 12.0. The van der Waals surface area contributed by atoms with Gasteiger partial charge in [0.25, 0.3) is 0 Å². The Morgan fingerprint density at radius 3 is 2.48 bits per heavy atom. The van der Waals surface area contributed by atoms with Crippen LogP contribution in [0.15, 0.2) is 54.6 Å². The molecule has 1 heterocycles. The highest BCUT2D eigenvalue weighted by atomic mass is 16.4. The predicted octanol–water partition coefficient (Wildman–Crippen LogP) is 4.41. The summed E-state index contributed by atoms with van der Waals surface area (Å²) in [4.78, 5) is 22.8. The molecule has 0 saturated heterocycles. The van der Waals surface area contributed by atoms with Gasteiger partial charge in [0, 0.05) is 17.2 Å². The predicted molar refractivity (Wildman–Crippen MR) is 96.2 cm³/mol. The average Bonchev–Trinajstić information content (AvgIpc) is 3.10. The number of hydrogen-bond donors (Lipinski definition) is 2. The van der Waals surface area contributed by atoms with Gasteiger partial charge < -0.3 is 10.4 Å². The van der Waals surface area contributed by atoms with Gasteiger partial charge >= 0.3 is 5.97 Å². The van der Waals surface area contributed by atoms with Crippen LogP contribution >= 0.6 is 0 Å². The van der Waals surface area contributed by atoms with Gasteiger partial charge in [-0.15, -0.1) is 0 Å². The van der Waals surface area contributed by atoms with Crippen LogP contribution in [-0.2, 0) is 0 Å². The van der Waals surface area contributed by atoms with Gasteiger partial charge in [0.15, 0.2) is 5.78 Å². The topological polar surface area (TPSA) is 66.4 Å². The fraction of sp³-hybridized carbons (Fsp3) is 0.238. The van der Waals surface area contributed by atoms with E-state index in [0.29, 0.717) is 11.5 Å². The Labute approximate surface area is 146 Å². The van der Waals surface area contributed by atoms with Crippen molar-refractivity contribution in [1.29, 1.82) is 0 Å². The van der Waals surface area contributed by atoms with Crippen LogP contribution in [0.25, 0.3) is 0 Å². The molecule has 1 aliphatic carbocycles. The molecular weight excluding hydrogens is 314 g/mol. The van der Waals surface area contributed by atoms with Crippen LogP contribution in [0, 0.1) is 5.92 Å². The summed E-state index contributed by atoms with van der Waals surface area (Å²) in [6, 6.07) is 13.1. The number of rotatable bonds is 3. The zero-order chi connectivity index (χ0) is 17.6. The molecule has 0 unspecified atom stereocenters. The van der Waals surface area contributed by atoms with Crippen LogP contribution in [-0.4, -0.2) is 16.9 Å². The van der Waals surface area contributed by atoms with Crippen LogP contribution in [0.3, 0.4) is 0 Å². The summed E-state index contributed by atoms with van der Waals surface area (Å²) < 4.78 is 0. The lowest BCUT2D eigenvalue weighted by Gasteiger charge is -2.37. The van der Waals surface area contributed by atoms with Crippen molar-refractivity contribution < 1.29 is 14.7 Å². The molecule has 3 atom stereocenters. The van der Waals surface area contributed by atoms with Gasteiger partial charge in [-0.1, -0.05) is 24.3 Å². The van der Waals surface area contributed by atoms with Crippen molar-refractivity contribution in [2.45, 2.75) is 25.3 Å². The van der Waals surface area contributed by atoms with Crippen molar-refractivity contribution >= 4 is 17.4 Å². The van der Waals surface area contributed by atoms with Crippen molar-refractivity contribution in [1.82, 2.24) is 0 Å². The summed E-state index contributed by atoms with van der Waals surface area (Å²) in [5, 5.41) is 12.7. The van der Waals surface area contributed by atoms with Crippen molar-refractivity contribution in [2.75, 3.05) is 5.32 Å². The van der Waals surface area contributed by atoms with Gasteiger partial charge in [-0.25, -0.2) is 4.79 Å². The quantitative estimate of drug-likeness (QED) is 0.645. The molecule has 0 fully saturated rings. The first-order valence-electron chi connectivity index (χ1n) is 8.46. The van der Waals surface area contributed by atoms with E-state index in [1.165, 1.54) is 5.56 Å². The summed E-state index contributed by atoms with van der Waals surface area (Å²) >= 11 is 0. The highest BCUT2D eigenvalue weighted by molar-refractivity contribution is 5.95. The minimum atomic E-state index is -0.911. The number of benzene rings is 2. The van der Waals surface area contributed by atoms with Crippen LogP contribution in [0.2, 0.25) is 0 Å². The van der Waals surface area contributed by atoms with Crippen LogP contribution in [0.5, 0.6) is 0 Å². The van der Waals surface area contributed by atoms with Crippen LogP contribution < -0.4 is 5.32 Å². The molecular formula is C21H19NO3. The molecule has 0 saturated carbocycles. The van der Waals surface area contributed by atoms with Gasteiger partial charge in [0.1, 0.15) is 0 Å². The Hall–Kier alpha value is -2.88. The van der Waals surface area contributed by atoms with E-state index in [1.54, 1.807) is 19.1 Å². The van der Waals surface area contributed by atoms with Crippen molar-refractivity contribution in [3.63, 3.8) is 0 Å². The summed E-state index contributed by atoms with van der Waals surface area (Å²) in [6.07, 6.45) is 5.39. The molecule has 2 N–H and O–H groups in total. The summed E-state index contributed by atoms with van der Waals surface area (Å²) in [5.41, 5.74) is 4.34. The number of aromatic carboxylic acids is 1. The molecule has 0 aromatic heterocycles. The van der Waals surface area contributed by atoms with E-state index in [2.05, 4.69) is 17.5 Å². The lowest BCUT2D eigenvalue weighted by Crippen LogP contribution is -2.29. The third kappa shape index (κ3) is 2.64. The second kappa shape index (κ2) is 5.88. The molecule has 4 nitrogen and oxygen atoms in total. The number of carboxylic acids is 1. The first kappa shape index (κ1) is 15.6. The maximum absolute atomic E-state index is 11.7. The highest BCUT2D eigenvalue weighted by Gasteiger charge is 2.38. The monoisotopic (exact) mass is 333 g/mol. The van der Waals surface area contributed by atoms with Crippen LogP contribution in [0.4, 0.5) is 5.69 Å². The van der Waals surface area contributed by atoms with Gasteiger partial charge in [-0.3, -0.25) is 4.79 Å². The van der Waals surface area contributed by atoms with Gasteiger partial charge in [0.2, 0.25) is 0 Å². The highest BCUT2D eigenvalue weighted by Crippen LogP contribution is 2.49. The largest absolute Gasteiger partial charge is 0.478 e. The number of allylic oxidation sites excluding steroid dienone is 2. The van der Waals surface area contributed by atoms with Crippen LogP contribution in [0.1, 0.15) is 57.1 Å². The van der Waals surface area contributed by atoms with E-state index in [1.807, 2.05) is 30.3 Å². The molecule has 4 heteroatoms.